The van der Waals surface area contributed by atoms with Crippen molar-refractivity contribution >= 4 is 21.7 Å². The average Bonchev–Trinajstić information content (AvgIpc) is 2.40. The smallest absolute Gasteiger partial charge is 0.126 e. The molecule has 1 heterocycles. The lowest BCUT2D eigenvalue weighted by atomic mass is 10.0. The number of nitrogens with zero attached hydrogens (tertiary/aromatic N) is 1. The monoisotopic (exact) mass is 334 g/mol. The molecule has 1 aromatic heterocycles. The highest BCUT2D eigenvalue weighted by molar-refractivity contribution is 9.10. The molecular weight excluding hydrogens is 316 g/mol. The summed E-state index contributed by atoms with van der Waals surface area (Å²) in [5.74, 6) is 1.79. The lowest BCUT2D eigenvalue weighted by molar-refractivity contribution is 0.409. The molecule has 0 fully saturated rings. The van der Waals surface area contributed by atoms with Crippen molar-refractivity contribution in [3.63, 3.8) is 0 Å². The number of pyridine rings is 1. The topological polar surface area (TPSA) is 34.1 Å². The van der Waals surface area contributed by atoms with Crippen molar-refractivity contribution in [1.82, 2.24) is 4.98 Å². The molecule has 0 atom stereocenters. The first kappa shape index (κ1) is 14.9. The van der Waals surface area contributed by atoms with Crippen LogP contribution in [0.3, 0.4) is 0 Å². The van der Waals surface area contributed by atoms with Gasteiger partial charge in [-0.3, -0.25) is 0 Å². The summed E-state index contributed by atoms with van der Waals surface area (Å²) in [6.07, 6.45) is 0. The predicted molar refractivity (Wildman–Crippen MR) is 86.5 cm³/mol. The van der Waals surface area contributed by atoms with Gasteiger partial charge in [0.25, 0.3) is 0 Å². The number of benzene rings is 1. The highest BCUT2D eigenvalue weighted by Crippen LogP contribution is 2.25. The molecule has 106 valence electrons. The van der Waals surface area contributed by atoms with Gasteiger partial charge in [0.2, 0.25) is 0 Å². The van der Waals surface area contributed by atoms with Crippen LogP contribution < -0.4 is 10.1 Å². The molecule has 0 aliphatic rings. The molecule has 0 amide bonds. The molecule has 4 heteroatoms. The molecule has 0 saturated heterocycles. The maximum Gasteiger partial charge on any atom is 0.126 e. The molecule has 1 aromatic carbocycles. The van der Waals surface area contributed by atoms with Crippen LogP contribution in [0.2, 0.25) is 0 Å². The lowest BCUT2D eigenvalue weighted by Crippen LogP contribution is -2.06. The fraction of sp³-hybridized carbons (Fsp3) is 0.312. The number of hydrogen-bond acceptors (Lipinski definition) is 3. The van der Waals surface area contributed by atoms with Crippen LogP contribution in [-0.2, 0) is 6.54 Å². The van der Waals surface area contributed by atoms with E-state index in [0.717, 1.165) is 21.7 Å². The molecule has 1 N–H and O–H groups in total. The number of hydrogen-bond donors (Lipinski definition) is 1. The molecule has 0 unspecified atom stereocenters. The van der Waals surface area contributed by atoms with E-state index in [2.05, 4.69) is 52.2 Å². The zero-order valence-corrected chi connectivity index (χ0v) is 13.8. The first-order valence-corrected chi connectivity index (χ1v) is 7.31. The van der Waals surface area contributed by atoms with Crippen LogP contribution in [0, 0.1) is 20.8 Å². The highest BCUT2D eigenvalue weighted by Gasteiger charge is 2.08. The van der Waals surface area contributed by atoms with E-state index in [1.54, 1.807) is 7.11 Å². The van der Waals surface area contributed by atoms with Gasteiger partial charge in [-0.05, 0) is 66.0 Å². The minimum absolute atomic E-state index is 0.698. The Hall–Kier alpha value is -1.55. The Labute approximate surface area is 128 Å². The average molecular weight is 335 g/mol. The summed E-state index contributed by atoms with van der Waals surface area (Å²) < 4.78 is 6.49. The third kappa shape index (κ3) is 3.31. The van der Waals surface area contributed by atoms with E-state index in [1.165, 1.54) is 16.7 Å². The standard InChI is InChI=1S/C16H19BrN2O/c1-10-7-11(2)13(15(8-10)20-4)9-18-16-6-5-14(17)12(3)19-16/h5-8H,9H2,1-4H3,(H,18,19). The Morgan fingerprint density at radius 3 is 2.60 bits per heavy atom. The van der Waals surface area contributed by atoms with Gasteiger partial charge in [0.05, 0.1) is 12.8 Å². The molecule has 20 heavy (non-hydrogen) atoms. The van der Waals surface area contributed by atoms with Crippen molar-refractivity contribution < 1.29 is 4.74 Å². The molecule has 2 rings (SSSR count). The summed E-state index contributed by atoms with van der Waals surface area (Å²) in [5, 5.41) is 3.35. The van der Waals surface area contributed by atoms with E-state index in [0.29, 0.717) is 6.54 Å². The Balaban J connectivity index is 2.20. The normalized spacial score (nSPS) is 10.4. The molecule has 0 saturated carbocycles. The van der Waals surface area contributed by atoms with Gasteiger partial charge in [-0.15, -0.1) is 0 Å². The number of halogens is 1. The SMILES string of the molecule is COc1cc(C)cc(C)c1CNc1ccc(Br)c(C)n1. The van der Waals surface area contributed by atoms with Gasteiger partial charge >= 0.3 is 0 Å². The first-order chi connectivity index (χ1) is 9.51. The van der Waals surface area contributed by atoms with Crippen LogP contribution >= 0.6 is 15.9 Å². The minimum atomic E-state index is 0.698. The zero-order valence-electron chi connectivity index (χ0n) is 12.2. The third-order valence-corrected chi connectivity index (χ3v) is 4.10. The number of methoxy groups -OCH3 is 1. The van der Waals surface area contributed by atoms with Crippen molar-refractivity contribution in [3.8, 4) is 5.75 Å². The van der Waals surface area contributed by atoms with Gasteiger partial charge in [0, 0.05) is 16.6 Å². The van der Waals surface area contributed by atoms with Gasteiger partial charge in [-0.1, -0.05) is 6.07 Å². The van der Waals surface area contributed by atoms with Crippen LogP contribution in [0.15, 0.2) is 28.7 Å². The van der Waals surface area contributed by atoms with Gasteiger partial charge in [0.1, 0.15) is 11.6 Å². The predicted octanol–water partition coefficient (Wildman–Crippen LogP) is 4.39. The molecular formula is C16H19BrN2O. The van der Waals surface area contributed by atoms with Crippen molar-refractivity contribution in [2.24, 2.45) is 0 Å². The second-order valence-electron chi connectivity index (χ2n) is 4.88. The third-order valence-electron chi connectivity index (χ3n) is 3.26. The van der Waals surface area contributed by atoms with Gasteiger partial charge in [0.15, 0.2) is 0 Å². The molecule has 0 spiro atoms. The summed E-state index contributed by atoms with van der Waals surface area (Å²) >= 11 is 3.46. The molecule has 0 aliphatic carbocycles. The number of aromatic nitrogens is 1. The quantitative estimate of drug-likeness (QED) is 0.900. The summed E-state index contributed by atoms with van der Waals surface area (Å²) in [5.41, 5.74) is 4.58. The fourth-order valence-corrected chi connectivity index (χ4v) is 2.41. The van der Waals surface area contributed by atoms with Gasteiger partial charge in [-0.2, -0.15) is 0 Å². The number of ether oxygens (including phenoxy) is 1. The van der Waals surface area contributed by atoms with E-state index in [-0.39, 0.29) is 0 Å². The Morgan fingerprint density at radius 1 is 1.20 bits per heavy atom. The van der Waals surface area contributed by atoms with Crippen molar-refractivity contribution in [1.29, 1.82) is 0 Å². The van der Waals surface area contributed by atoms with Crippen molar-refractivity contribution in [2.75, 3.05) is 12.4 Å². The summed E-state index contributed by atoms with van der Waals surface area (Å²) in [6.45, 7) is 6.86. The summed E-state index contributed by atoms with van der Waals surface area (Å²) in [6, 6.07) is 8.20. The Morgan fingerprint density at radius 2 is 1.95 bits per heavy atom. The van der Waals surface area contributed by atoms with Crippen molar-refractivity contribution in [3.05, 3.63) is 51.1 Å². The van der Waals surface area contributed by atoms with E-state index < -0.39 is 0 Å². The van der Waals surface area contributed by atoms with E-state index in [1.807, 2.05) is 19.1 Å². The van der Waals surface area contributed by atoms with E-state index in [9.17, 15) is 0 Å². The van der Waals surface area contributed by atoms with Crippen LogP contribution in [-0.4, -0.2) is 12.1 Å². The number of nitrogens with one attached hydrogen (secondary N) is 1. The van der Waals surface area contributed by atoms with Gasteiger partial charge < -0.3 is 10.1 Å². The summed E-state index contributed by atoms with van der Waals surface area (Å²) in [4.78, 5) is 4.49. The number of rotatable bonds is 4. The van der Waals surface area contributed by atoms with Crippen LogP contribution in [0.5, 0.6) is 5.75 Å². The van der Waals surface area contributed by atoms with Crippen LogP contribution in [0.25, 0.3) is 0 Å². The zero-order chi connectivity index (χ0) is 14.7. The van der Waals surface area contributed by atoms with Crippen molar-refractivity contribution in [2.45, 2.75) is 27.3 Å². The van der Waals surface area contributed by atoms with Crippen LogP contribution in [0.4, 0.5) is 5.82 Å². The largest absolute Gasteiger partial charge is 0.496 e. The lowest BCUT2D eigenvalue weighted by Gasteiger charge is -2.14. The number of anilines is 1. The summed E-state index contributed by atoms with van der Waals surface area (Å²) in [7, 11) is 1.71. The second-order valence-corrected chi connectivity index (χ2v) is 5.73. The van der Waals surface area contributed by atoms with E-state index in [4.69, 9.17) is 4.74 Å². The fourth-order valence-electron chi connectivity index (χ4n) is 2.19. The Bertz CT molecular complexity index is 626. The first-order valence-electron chi connectivity index (χ1n) is 6.52. The maximum absolute atomic E-state index is 5.47. The molecule has 0 aliphatic heterocycles. The molecule has 2 aromatic rings. The molecule has 3 nitrogen and oxygen atoms in total. The van der Waals surface area contributed by atoms with Crippen LogP contribution in [0.1, 0.15) is 22.4 Å². The highest BCUT2D eigenvalue weighted by atomic mass is 79.9. The minimum Gasteiger partial charge on any atom is -0.496 e. The Kier molecular flexibility index (Phi) is 4.65. The van der Waals surface area contributed by atoms with E-state index >= 15 is 0 Å². The van der Waals surface area contributed by atoms with Gasteiger partial charge in [-0.25, -0.2) is 4.98 Å². The molecule has 0 bridgehead atoms. The molecule has 0 radical (unpaired) electrons. The number of aryl methyl sites for hydroxylation is 3. The maximum atomic E-state index is 5.47. The second kappa shape index (κ2) is 6.27.